The SMILES string of the molecule is CCC(c1nc2cc(Cl)ccc2c(=O)n1Nc1ccccc1)N(CCCN)C(=O)c1cccc(F)c1F. The predicted molar refractivity (Wildman–Crippen MR) is 141 cm³/mol. The molecule has 3 aromatic carbocycles. The number of fused-ring (bicyclic) bond motifs is 1. The van der Waals surface area contributed by atoms with Crippen molar-refractivity contribution in [1.29, 1.82) is 0 Å². The summed E-state index contributed by atoms with van der Waals surface area (Å²) in [5, 5.41) is 0.715. The molecule has 4 rings (SSSR count). The molecule has 0 aliphatic rings. The molecule has 0 aliphatic heterocycles. The van der Waals surface area contributed by atoms with Gasteiger partial charge in [0, 0.05) is 11.6 Å². The number of nitrogens with two attached hydrogens (primary N) is 1. The van der Waals surface area contributed by atoms with Crippen LogP contribution >= 0.6 is 11.6 Å². The monoisotopic (exact) mass is 525 g/mol. The Morgan fingerprint density at radius 2 is 1.89 bits per heavy atom. The van der Waals surface area contributed by atoms with E-state index in [1.807, 2.05) is 25.1 Å². The van der Waals surface area contributed by atoms with Crippen molar-refractivity contribution in [3.8, 4) is 0 Å². The summed E-state index contributed by atoms with van der Waals surface area (Å²) in [5.41, 5.74) is 8.96. The Hall–Kier alpha value is -3.82. The third kappa shape index (κ3) is 5.47. The number of carbonyl (C=O) groups excluding carboxylic acids is 1. The van der Waals surface area contributed by atoms with Crippen LogP contribution in [0, 0.1) is 11.6 Å². The zero-order valence-corrected chi connectivity index (χ0v) is 20.9. The fraction of sp³-hybridized carbons (Fsp3) is 0.222. The molecular formula is C27H26ClF2N5O2. The van der Waals surface area contributed by atoms with Gasteiger partial charge >= 0.3 is 0 Å². The van der Waals surface area contributed by atoms with Gasteiger partial charge in [-0.1, -0.05) is 42.8 Å². The lowest BCUT2D eigenvalue weighted by molar-refractivity contribution is 0.0651. The van der Waals surface area contributed by atoms with Crippen LogP contribution < -0.4 is 16.7 Å². The van der Waals surface area contributed by atoms with Gasteiger partial charge in [-0.2, -0.15) is 0 Å². The van der Waals surface area contributed by atoms with Crippen LogP contribution in [-0.4, -0.2) is 33.6 Å². The fourth-order valence-electron chi connectivity index (χ4n) is 4.18. The minimum absolute atomic E-state index is 0.137. The molecule has 1 atom stereocenters. The van der Waals surface area contributed by atoms with Gasteiger partial charge in [0.2, 0.25) is 0 Å². The number of hydrogen-bond acceptors (Lipinski definition) is 5. The number of carbonyl (C=O) groups is 1. The molecule has 0 fully saturated rings. The molecule has 0 bridgehead atoms. The molecule has 7 nitrogen and oxygen atoms in total. The number of anilines is 1. The number of nitrogens with zero attached hydrogens (tertiary/aromatic N) is 3. The Labute approximate surface area is 217 Å². The highest BCUT2D eigenvalue weighted by molar-refractivity contribution is 6.31. The van der Waals surface area contributed by atoms with E-state index in [9.17, 15) is 18.4 Å². The van der Waals surface area contributed by atoms with E-state index in [0.717, 1.165) is 6.07 Å². The maximum atomic E-state index is 14.6. The second-order valence-corrected chi connectivity index (χ2v) is 8.85. The van der Waals surface area contributed by atoms with E-state index in [4.69, 9.17) is 22.3 Å². The summed E-state index contributed by atoms with van der Waals surface area (Å²) in [6, 6.07) is 16.4. The first-order valence-electron chi connectivity index (χ1n) is 11.8. The Balaban J connectivity index is 1.91. The van der Waals surface area contributed by atoms with Crippen LogP contribution in [0.15, 0.2) is 71.5 Å². The maximum absolute atomic E-state index is 14.6. The van der Waals surface area contributed by atoms with E-state index in [2.05, 4.69) is 5.43 Å². The Morgan fingerprint density at radius 3 is 2.59 bits per heavy atom. The molecule has 1 unspecified atom stereocenters. The van der Waals surface area contributed by atoms with Gasteiger partial charge < -0.3 is 10.6 Å². The van der Waals surface area contributed by atoms with Gasteiger partial charge in [0.15, 0.2) is 17.5 Å². The lowest BCUT2D eigenvalue weighted by atomic mass is 10.1. The standard InChI is InChI=1S/C27H26ClF2N5O2/c1-2-23(34(15-7-14-31)26(36)20-10-6-11-21(29)24(20)30)25-32-22-16-17(28)12-13-19(22)27(37)35(25)33-18-8-4-3-5-9-18/h3-6,8-13,16,23,33H,2,7,14-15,31H2,1H3. The van der Waals surface area contributed by atoms with E-state index in [1.54, 1.807) is 30.3 Å². The van der Waals surface area contributed by atoms with E-state index < -0.39 is 34.7 Å². The number of hydrogen-bond donors (Lipinski definition) is 2. The molecule has 0 aliphatic carbocycles. The Morgan fingerprint density at radius 1 is 1.14 bits per heavy atom. The van der Waals surface area contributed by atoms with Crippen molar-refractivity contribution < 1.29 is 13.6 Å². The first kappa shape index (κ1) is 26.2. The zero-order chi connectivity index (χ0) is 26.5. The van der Waals surface area contributed by atoms with Crippen molar-refractivity contribution >= 4 is 34.1 Å². The average molecular weight is 526 g/mol. The summed E-state index contributed by atoms with van der Waals surface area (Å²) in [4.78, 5) is 33.3. The number of nitrogens with one attached hydrogen (secondary N) is 1. The number of rotatable bonds is 9. The summed E-state index contributed by atoms with van der Waals surface area (Å²) in [6.45, 7) is 2.22. The normalized spacial score (nSPS) is 11.9. The molecule has 1 aromatic heterocycles. The molecule has 3 N–H and O–H groups in total. The van der Waals surface area contributed by atoms with Crippen LogP contribution in [0.5, 0.6) is 0 Å². The number of amides is 1. The molecule has 0 spiro atoms. The second-order valence-electron chi connectivity index (χ2n) is 8.42. The first-order chi connectivity index (χ1) is 17.8. The molecule has 192 valence electrons. The third-order valence-corrected chi connectivity index (χ3v) is 6.21. The fourth-order valence-corrected chi connectivity index (χ4v) is 4.34. The zero-order valence-electron chi connectivity index (χ0n) is 20.1. The van der Waals surface area contributed by atoms with Gasteiger partial charge in [0.1, 0.15) is 0 Å². The molecule has 10 heteroatoms. The van der Waals surface area contributed by atoms with Crippen LogP contribution in [0.4, 0.5) is 14.5 Å². The van der Waals surface area contributed by atoms with Crippen LogP contribution in [0.3, 0.4) is 0 Å². The van der Waals surface area contributed by atoms with Crippen molar-refractivity contribution in [1.82, 2.24) is 14.6 Å². The van der Waals surface area contributed by atoms with Crippen LogP contribution in [0.2, 0.25) is 5.02 Å². The van der Waals surface area contributed by atoms with E-state index in [0.29, 0.717) is 34.5 Å². The molecule has 1 heterocycles. The molecule has 1 amide bonds. The van der Waals surface area contributed by atoms with E-state index in [1.165, 1.54) is 21.7 Å². The Kier molecular flexibility index (Phi) is 8.15. The molecule has 0 saturated heterocycles. The van der Waals surface area contributed by atoms with Crippen molar-refractivity contribution in [2.45, 2.75) is 25.8 Å². The maximum Gasteiger partial charge on any atom is 0.280 e. The minimum Gasteiger partial charge on any atom is -0.330 e. The Bertz CT molecular complexity index is 1480. The van der Waals surface area contributed by atoms with Gasteiger partial charge in [0.05, 0.1) is 28.2 Å². The van der Waals surface area contributed by atoms with Crippen LogP contribution in [0.1, 0.15) is 42.0 Å². The molecular weight excluding hydrogens is 500 g/mol. The summed E-state index contributed by atoms with van der Waals surface area (Å²) >= 11 is 6.18. The van der Waals surface area contributed by atoms with Gasteiger partial charge in [-0.25, -0.2) is 18.4 Å². The molecule has 0 radical (unpaired) electrons. The van der Waals surface area contributed by atoms with Crippen molar-refractivity contribution in [2.24, 2.45) is 5.73 Å². The van der Waals surface area contributed by atoms with Crippen LogP contribution in [-0.2, 0) is 0 Å². The van der Waals surface area contributed by atoms with Crippen LogP contribution in [0.25, 0.3) is 10.9 Å². The molecule has 37 heavy (non-hydrogen) atoms. The molecule has 4 aromatic rings. The van der Waals surface area contributed by atoms with Crippen molar-refractivity contribution in [3.05, 3.63) is 105 Å². The lowest BCUT2D eigenvalue weighted by Crippen LogP contribution is -2.41. The minimum atomic E-state index is -1.24. The second kappa shape index (κ2) is 11.5. The predicted octanol–water partition coefficient (Wildman–Crippen LogP) is 5.15. The first-order valence-corrected chi connectivity index (χ1v) is 12.2. The van der Waals surface area contributed by atoms with Gasteiger partial charge in [-0.05, 0) is 61.9 Å². The smallest absolute Gasteiger partial charge is 0.280 e. The van der Waals surface area contributed by atoms with Crippen molar-refractivity contribution in [3.63, 3.8) is 0 Å². The number of aromatic nitrogens is 2. The van der Waals surface area contributed by atoms with E-state index >= 15 is 0 Å². The summed E-state index contributed by atoms with van der Waals surface area (Å²) in [7, 11) is 0. The highest BCUT2D eigenvalue weighted by atomic mass is 35.5. The third-order valence-electron chi connectivity index (χ3n) is 5.98. The highest BCUT2D eigenvalue weighted by Gasteiger charge is 2.31. The summed E-state index contributed by atoms with van der Waals surface area (Å²) < 4.78 is 29.9. The van der Waals surface area contributed by atoms with Gasteiger partial charge in [0.25, 0.3) is 11.5 Å². The average Bonchev–Trinajstić information content (AvgIpc) is 2.90. The van der Waals surface area contributed by atoms with E-state index in [-0.39, 0.29) is 18.9 Å². The number of halogens is 3. The van der Waals surface area contributed by atoms with Gasteiger partial charge in [-0.15, -0.1) is 0 Å². The van der Waals surface area contributed by atoms with Crippen molar-refractivity contribution in [2.75, 3.05) is 18.5 Å². The topological polar surface area (TPSA) is 93.2 Å². The number of benzene rings is 3. The lowest BCUT2D eigenvalue weighted by Gasteiger charge is -2.32. The van der Waals surface area contributed by atoms with Gasteiger partial charge in [-0.3, -0.25) is 15.0 Å². The summed E-state index contributed by atoms with van der Waals surface area (Å²) in [6.07, 6.45) is 0.719. The highest BCUT2D eigenvalue weighted by Crippen LogP contribution is 2.28. The summed E-state index contributed by atoms with van der Waals surface area (Å²) in [5.74, 6) is -2.88. The molecule has 0 saturated carbocycles. The quantitative estimate of drug-likeness (QED) is 0.315. The largest absolute Gasteiger partial charge is 0.330 e. The number of para-hydroxylation sites is 1.